The minimum Gasteiger partial charge on any atom is -0.454 e. The molecule has 6 nitrogen and oxygen atoms in total. The van der Waals surface area contributed by atoms with Crippen LogP contribution in [0.1, 0.15) is 53.4 Å². The molecule has 1 aliphatic heterocycles. The van der Waals surface area contributed by atoms with E-state index < -0.39 is 35.2 Å². The fourth-order valence-electron chi connectivity index (χ4n) is 3.08. The van der Waals surface area contributed by atoms with E-state index in [2.05, 4.69) is 15.3 Å². The van der Waals surface area contributed by atoms with Crippen LogP contribution >= 0.6 is 11.6 Å². The highest BCUT2D eigenvalue weighted by Gasteiger charge is 2.28. The Balaban J connectivity index is 1.71. The molecule has 1 N–H and O–H groups in total. The number of hydrogen-bond acceptors (Lipinski definition) is 4. The lowest BCUT2D eigenvalue weighted by Crippen LogP contribution is -2.43. The van der Waals surface area contributed by atoms with Crippen molar-refractivity contribution in [2.45, 2.75) is 38.3 Å². The van der Waals surface area contributed by atoms with Gasteiger partial charge in [0.25, 0.3) is 18.8 Å². The summed E-state index contributed by atoms with van der Waals surface area (Å²) in [6, 6.07) is 2.85. The number of carbonyl (C=O) groups is 1. The minimum atomic E-state index is -3.09. The number of furan rings is 1. The lowest BCUT2D eigenvalue weighted by Gasteiger charge is -2.29. The monoisotopic (exact) mass is 422 g/mol. The van der Waals surface area contributed by atoms with Crippen molar-refractivity contribution in [2.24, 2.45) is 0 Å². The summed E-state index contributed by atoms with van der Waals surface area (Å²) in [6.45, 7) is 1.39. The smallest absolute Gasteiger partial charge is 0.287 e. The molecule has 2 aromatic rings. The molecule has 0 aliphatic carbocycles. The number of carbonyl (C=O) groups excluding carboxylic acids is 1. The molecule has 0 aromatic carbocycles. The highest BCUT2D eigenvalue weighted by molar-refractivity contribution is 6.32. The van der Waals surface area contributed by atoms with Crippen molar-refractivity contribution in [3.8, 4) is 0 Å². The molecule has 28 heavy (non-hydrogen) atoms. The third-order valence-corrected chi connectivity index (χ3v) is 5.00. The maximum absolute atomic E-state index is 13.2. The van der Waals surface area contributed by atoms with Crippen LogP contribution in [0.3, 0.4) is 0 Å². The van der Waals surface area contributed by atoms with Gasteiger partial charge < -0.3 is 14.6 Å². The van der Waals surface area contributed by atoms with Gasteiger partial charge in [0, 0.05) is 6.04 Å². The van der Waals surface area contributed by atoms with Crippen LogP contribution in [-0.2, 0) is 6.54 Å². The quantitative estimate of drug-likeness (QED) is 0.718. The molecule has 0 unspecified atom stereocenters. The average Bonchev–Trinajstić information content (AvgIpc) is 3.22. The first kappa shape index (κ1) is 20.7. The third kappa shape index (κ3) is 4.49. The van der Waals surface area contributed by atoms with E-state index in [4.69, 9.17) is 16.0 Å². The number of piperidine rings is 1. The molecule has 2 aromatic heterocycles. The van der Waals surface area contributed by atoms with Crippen LogP contribution in [0.4, 0.5) is 17.6 Å². The van der Waals surface area contributed by atoms with Crippen LogP contribution in [0, 0.1) is 0 Å². The lowest BCUT2D eigenvalue weighted by atomic mass is 10.1. The topological polar surface area (TPSA) is 63.3 Å². The van der Waals surface area contributed by atoms with Crippen LogP contribution in [0.5, 0.6) is 0 Å². The molecule has 1 saturated heterocycles. The Bertz CT molecular complexity index is 831. The van der Waals surface area contributed by atoms with E-state index in [1.54, 1.807) is 0 Å². The van der Waals surface area contributed by atoms with E-state index in [9.17, 15) is 22.4 Å². The maximum Gasteiger partial charge on any atom is 0.287 e. The lowest BCUT2D eigenvalue weighted by molar-refractivity contribution is 0.0886. The first-order valence-corrected chi connectivity index (χ1v) is 9.04. The minimum absolute atomic E-state index is 0.0138. The number of alkyl halides is 4. The predicted molar refractivity (Wildman–Crippen MR) is 92.9 cm³/mol. The molecule has 11 heteroatoms. The molecule has 0 saturated carbocycles. The number of nitrogens with zero attached hydrogens (tertiary/aromatic N) is 3. The third-order valence-electron chi connectivity index (χ3n) is 4.61. The largest absolute Gasteiger partial charge is 0.454 e. The number of amides is 1. The van der Waals surface area contributed by atoms with Crippen molar-refractivity contribution in [3.63, 3.8) is 0 Å². The second-order valence-corrected chi connectivity index (χ2v) is 7.04. The van der Waals surface area contributed by atoms with Crippen molar-refractivity contribution in [2.75, 3.05) is 20.1 Å². The van der Waals surface area contributed by atoms with E-state index in [1.165, 1.54) is 12.1 Å². The summed E-state index contributed by atoms with van der Waals surface area (Å²) < 4.78 is 58.3. The molecule has 3 heterocycles. The number of halogens is 5. The molecular weight excluding hydrogens is 404 g/mol. The second-order valence-electron chi connectivity index (χ2n) is 6.66. The SMILES string of the molecule is CN1CCC(NC(=O)c2ccc(Cn3nc(C(F)F)c(Cl)c3C(F)F)o2)CC1. The average molecular weight is 423 g/mol. The standard InChI is InChI=1S/C17H19ClF4N4O2/c1-25-6-4-9(5-7-25)23-17(27)11-3-2-10(28-11)8-26-14(16(21)22)12(18)13(24-26)15(19)20/h2-3,9,15-16H,4-8H2,1H3,(H,23,27). The van der Waals surface area contributed by atoms with Crippen LogP contribution in [0.2, 0.25) is 5.02 Å². The number of hydrogen-bond donors (Lipinski definition) is 1. The van der Waals surface area contributed by atoms with E-state index in [-0.39, 0.29) is 24.1 Å². The Labute approximate surface area is 163 Å². The van der Waals surface area contributed by atoms with E-state index in [1.807, 2.05) is 7.05 Å². The Morgan fingerprint density at radius 3 is 2.57 bits per heavy atom. The first-order chi connectivity index (χ1) is 13.3. The highest BCUT2D eigenvalue weighted by Crippen LogP contribution is 2.35. The maximum atomic E-state index is 13.2. The van der Waals surface area contributed by atoms with Gasteiger partial charge in [0.1, 0.15) is 17.1 Å². The zero-order valence-electron chi connectivity index (χ0n) is 15.0. The van der Waals surface area contributed by atoms with Gasteiger partial charge in [-0.05, 0) is 45.1 Å². The molecule has 0 radical (unpaired) electrons. The van der Waals surface area contributed by atoms with Gasteiger partial charge in [0.15, 0.2) is 5.76 Å². The van der Waals surface area contributed by atoms with Gasteiger partial charge in [0.2, 0.25) is 0 Å². The Morgan fingerprint density at radius 2 is 1.96 bits per heavy atom. The number of likely N-dealkylation sites (tertiary alicyclic amines) is 1. The molecule has 1 fully saturated rings. The number of rotatable bonds is 6. The van der Waals surface area contributed by atoms with Gasteiger partial charge >= 0.3 is 0 Å². The Morgan fingerprint density at radius 1 is 1.29 bits per heavy atom. The van der Waals surface area contributed by atoms with Gasteiger partial charge in [-0.15, -0.1) is 0 Å². The molecule has 0 bridgehead atoms. The summed E-state index contributed by atoms with van der Waals surface area (Å²) in [5.74, 6) is -0.281. The summed E-state index contributed by atoms with van der Waals surface area (Å²) in [6.07, 6.45) is -4.54. The van der Waals surface area contributed by atoms with E-state index in [0.717, 1.165) is 25.9 Å². The summed E-state index contributed by atoms with van der Waals surface area (Å²) in [4.78, 5) is 14.5. The Kier molecular flexibility index (Phi) is 6.29. The molecule has 0 spiro atoms. The van der Waals surface area contributed by atoms with E-state index >= 15 is 0 Å². The number of nitrogens with one attached hydrogen (secondary N) is 1. The zero-order chi connectivity index (χ0) is 20.4. The van der Waals surface area contributed by atoms with Gasteiger partial charge in [-0.25, -0.2) is 17.6 Å². The molecule has 0 atom stereocenters. The summed E-state index contributed by atoms with van der Waals surface area (Å²) in [7, 11) is 2.01. The summed E-state index contributed by atoms with van der Waals surface area (Å²) >= 11 is 5.62. The van der Waals surface area contributed by atoms with Crippen LogP contribution < -0.4 is 5.32 Å². The van der Waals surface area contributed by atoms with Crippen LogP contribution in [-0.4, -0.2) is 46.8 Å². The summed E-state index contributed by atoms with van der Waals surface area (Å²) in [5.41, 5.74) is -1.73. The molecular formula is C17H19ClF4N4O2. The highest BCUT2D eigenvalue weighted by atomic mass is 35.5. The normalized spacial score (nSPS) is 16.3. The van der Waals surface area contributed by atoms with Crippen molar-refractivity contribution >= 4 is 17.5 Å². The van der Waals surface area contributed by atoms with Crippen LogP contribution in [0.25, 0.3) is 0 Å². The number of aromatic nitrogens is 2. The van der Waals surface area contributed by atoms with Crippen molar-refractivity contribution in [1.29, 1.82) is 0 Å². The van der Waals surface area contributed by atoms with Crippen molar-refractivity contribution in [3.05, 3.63) is 40.1 Å². The first-order valence-electron chi connectivity index (χ1n) is 8.66. The fourth-order valence-corrected chi connectivity index (χ4v) is 3.38. The molecule has 3 rings (SSSR count). The van der Waals surface area contributed by atoms with Crippen LogP contribution in [0.15, 0.2) is 16.5 Å². The van der Waals surface area contributed by atoms with Crippen molar-refractivity contribution in [1.82, 2.24) is 20.0 Å². The fraction of sp³-hybridized carbons (Fsp3) is 0.529. The Hall–Kier alpha value is -2.07. The predicted octanol–water partition coefficient (Wildman–Crippen LogP) is 3.88. The molecule has 1 aliphatic rings. The van der Waals surface area contributed by atoms with Gasteiger partial charge in [-0.3, -0.25) is 9.48 Å². The van der Waals surface area contributed by atoms with Crippen molar-refractivity contribution < 1.29 is 26.8 Å². The second kappa shape index (κ2) is 8.52. The zero-order valence-corrected chi connectivity index (χ0v) is 15.7. The van der Waals surface area contributed by atoms with Gasteiger partial charge in [0.05, 0.1) is 11.6 Å². The van der Waals surface area contributed by atoms with Gasteiger partial charge in [-0.1, -0.05) is 11.6 Å². The summed E-state index contributed by atoms with van der Waals surface area (Å²) in [5, 5.41) is 5.57. The molecule has 1 amide bonds. The molecule has 154 valence electrons. The van der Waals surface area contributed by atoms with E-state index in [0.29, 0.717) is 4.68 Å². The van der Waals surface area contributed by atoms with Gasteiger partial charge in [-0.2, -0.15) is 5.10 Å².